The summed E-state index contributed by atoms with van der Waals surface area (Å²) in [5, 5.41) is 0. The molecular formula is C11H21NO2. The van der Waals surface area contributed by atoms with Crippen LogP contribution in [0.2, 0.25) is 0 Å². The number of carbonyl (C=O) groups excluding carboxylic acids is 1. The van der Waals surface area contributed by atoms with E-state index in [1.807, 2.05) is 6.92 Å². The van der Waals surface area contributed by atoms with E-state index in [9.17, 15) is 4.79 Å². The van der Waals surface area contributed by atoms with Crippen LogP contribution in [0.3, 0.4) is 0 Å². The van der Waals surface area contributed by atoms with Crippen LogP contribution >= 0.6 is 0 Å². The number of rotatable bonds is 5. The van der Waals surface area contributed by atoms with Crippen molar-refractivity contribution < 1.29 is 9.53 Å². The van der Waals surface area contributed by atoms with Crippen molar-refractivity contribution in [3.05, 3.63) is 0 Å². The first-order valence-electron chi connectivity index (χ1n) is 5.52. The number of esters is 1. The van der Waals surface area contributed by atoms with Gasteiger partial charge >= 0.3 is 5.97 Å². The van der Waals surface area contributed by atoms with E-state index in [0.29, 0.717) is 13.0 Å². The van der Waals surface area contributed by atoms with Gasteiger partial charge in [0, 0.05) is 0 Å². The molecule has 0 aromatic carbocycles. The van der Waals surface area contributed by atoms with E-state index in [0.717, 1.165) is 12.3 Å². The molecule has 2 N–H and O–H groups in total. The molecule has 0 radical (unpaired) electrons. The fourth-order valence-electron chi connectivity index (χ4n) is 1.41. The number of hydrogen-bond acceptors (Lipinski definition) is 3. The second kappa shape index (κ2) is 4.78. The average Bonchev–Trinajstić information content (AvgIpc) is 2.08. The van der Waals surface area contributed by atoms with Crippen LogP contribution < -0.4 is 5.73 Å². The minimum Gasteiger partial charge on any atom is -0.464 e. The molecule has 0 saturated heterocycles. The van der Waals surface area contributed by atoms with Crippen molar-refractivity contribution in [2.45, 2.75) is 51.5 Å². The van der Waals surface area contributed by atoms with Gasteiger partial charge in [-0.05, 0) is 25.7 Å². The predicted octanol–water partition coefficient (Wildman–Crippen LogP) is 1.85. The van der Waals surface area contributed by atoms with Crippen LogP contribution in [0.15, 0.2) is 0 Å². The minimum atomic E-state index is -0.806. The van der Waals surface area contributed by atoms with Gasteiger partial charge in [0.05, 0.1) is 6.61 Å². The fraction of sp³-hybridized carbons (Fsp3) is 0.909. The molecule has 1 aliphatic carbocycles. The molecule has 0 spiro atoms. The Balaban J connectivity index is 2.13. The quantitative estimate of drug-likeness (QED) is 0.687. The molecule has 0 heterocycles. The van der Waals surface area contributed by atoms with Gasteiger partial charge in [0.2, 0.25) is 0 Å². The largest absolute Gasteiger partial charge is 0.464 e. The third kappa shape index (κ3) is 2.98. The van der Waals surface area contributed by atoms with Crippen molar-refractivity contribution in [2.24, 2.45) is 11.7 Å². The lowest BCUT2D eigenvalue weighted by molar-refractivity contribution is -0.150. The molecule has 1 saturated carbocycles. The predicted molar refractivity (Wildman–Crippen MR) is 55.8 cm³/mol. The van der Waals surface area contributed by atoms with Gasteiger partial charge in [0.1, 0.15) is 5.54 Å². The smallest absolute Gasteiger partial charge is 0.325 e. The highest BCUT2D eigenvalue weighted by Crippen LogP contribution is 2.29. The summed E-state index contributed by atoms with van der Waals surface area (Å²) in [6.45, 7) is 4.15. The monoisotopic (exact) mass is 199 g/mol. The second-order valence-electron chi connectivity index (χ2n) is 4.49. The zero-order chi connectivity index (χ0) is 10.6. The highest BCUT2D eigenvalue weighted by molar-refractivity contribution is 5.79. The normalized spacial score (nSPS) is 21.1. The van der Waals surface area contributed by atoms with E-state index in [4.69, 9.17) is 10.5 Å². The standard InChI is InChI=1S/C11H21NO2/c1-3-11(2,12)10(13)14-8-7-9-5-4-6-9/h9H,3-8,12H2,1-2H3. The van der Waals surface area contributed by atoms with E-state index in [1.54, 1.807) is 6.92 Å². The second-order valence-corrected chi connectivity index (χ2v) is 4.49. The van der Waals surface area contributed by atoms with Crippen molar-refractivity contribution in [3.63, 3.8) is 0 Å². The molecule has 3 heteroatoms. The molecule has 0 aromatic rings. The Morgan fingerprint density at radius 2 is 2.21 bits per heavy atom. The summed E-state index contributed by atoms with van der Waals surface area (Å²) >= 11 is 0. The van der Waals surface area contributed by atoms with Crippen LogP contribution in [0.1, 0.15) is 46.0 Å². The third-order valence-corrected chi connectivity index (χ3v) is 3.18. The van der Waals surface area contributed by atoms with Gasteiger partial charge < -0.3 is 10.5 Å². The van der Waals surface area contributed by atoms with Gasteiger partial charge in [-0.3, -0.25) is 4.79 Å². The maximum absolute atomic E-state index is 11.4. The molecule has 0 aliphatic heterocycles. The van der Waals surface area contributed by atoms with E-state index in [1.165, 1.54) is 19.3 Å². The Morgan fingerprint density at radius 3 is 2.64 bits per heavy atom. The van der Waals surface area contributed by atoms with E-state index in [-0.39, 0.29) is 5.97 Å². The molecule has 3 nitrogen and oxygen atoms in total. The number of nitrogens with two attached hydrogens (primary N) is 1. The molecule has 0 aromatic heterocycles. The molecule has 0 bridgehead atoms. The Hall–Kier alpha value is -0.570. The zero-order valence-electron chi connectivity index (χ0n) is 9.21. The first-order valence-corrected chi connectivity index (χ1v) is 5.52. The number of hydrogen-bond donors (Lipinski definition) is 1. The summed E-state index contributed by atoms with van der Waals surface area (Å²) in [7, 11) is 0. The Kier molecular flexibility index (Phi) is 3.93. The van der Waals surface area contributed by atoms with Crippen LogP contribution in [-0.4, -0.2) is 18.1 Å². The summed E-state index contributed by atoms with van der Waals surface area (Å²) in [5.74, 6) is 0.521. The molecule has 1 unspecified atom stereocenters. The first kappa shape index (κ1) is 11.5. The van der Waals surface area contributed by atoms with Gasteiger partial charge in [0.15, 0.2) is 0 Å². The van der Waals surface area contributed by atoms with E-state index < -0.39 is 5.54 Å². The van der Waals surface area contributed by atoms with Crippen molar-refractivity contribution in [2.75, 3.05) is 6.61 Å². The SMILES string of the molecule is CCC(C)(N)C(=O)OCCC1CCC1. The van der Waals surface area contributed by atoms with Gasteiger partial charge in [-0.15, -0.1) is 0 Å². The highest BCUT2D eigenvalue weighted by Gasteiger charge is 2.28. The van der Waals surface area contributed by atoms with Crippen molar-refractivity contribution >= 4 is 5.97 Å². The molecule has 1 rings (SSSR count). The minimum absolute atomic E-state index is 0.265. The summed E-state index contributed by atoms with van der Waals surface area (Å²) in [6.07, 6.45) is 5.55. The lowest BCUT2D eigenvalue weighted by atomic mass is 9.83. The lowest BCUT2D eigenvalue weighted by Gasteiger charge is -2.26. The van der Waals surface area contributed by atoms with Crippen LogP contribution in [-0.2, 0) is 9.53 Å². The maximum Gasteiger partial charge on any atom is 0.325 e. The molecule has 14 heavy (non-hydrogen) atoms. The van der Waals surface area contributed by atoms with E-state index in [2.05, 4.69) is 0 Å². The number of carbonyl (C=O) groups is 1. The summed E-state index contributed by atoms with van der Waals surface area (Å²) in [6, 6.07) is 0. The molecule has 0 amide bonds. The van der Waals surface area contributed by atoms with E-state index >= 15 is 0 Å². The lowest BCUT2D eigenvalue weighted by Crippen LogP contribution is -2.45. The van der Waals surface area contributed by atoms with Gasteiger partial charge in [0.25, 0.3) is 0 Å². The topological polar surface area (TPSA) is 52.3 Å². The third-order valence-electron chi connectivity index (χ3n) is 3.18. The molecule has 1 fully saturated rings. The molecule has 1 aliphatic rings. The summed E-state index contributed by atoms with van der Waals surface area (Å²) in [4.78, 5) is 11.4. The zero-order valence-corrected chi connectivity index (χ0v) is 9.21. The Bertz CT molecular complexity index is 197. The average molecular weight is 199 g/mol. The van der Waals surface area contributed by atoms with Crippen LogP contribution in [0.5, 0.6) is 0 Å². The fourth-order valence-corrected chi connectivity index (χ4v) is 1.41. The molecule has 1 atom stereocenters. The first-order chi connectivity index (χ1) is 6.56. The van der Waals surface area contributed by atoms with Gasteiger partial charge in [-0.1, -0.05) is 26.2 Å². The Labute approximate surface area is 86.0 Å². The van der Waals surface area contributed by atoms with Crippen LogP contribution in [0.4, 0.5) is 0 Å². The maximum atomic E-state index is 11.4. The van der Waals surface area contributed by atoms with Gasteiger partial charge in [-0.2, -0.15) is 0 Å². The van der Waals surface area contributed by atoms with Crippen molar-refractivity contribution in [1.29, 1.82) is 0 Å². The highest BCUT2D eigenvalue weighted by atomic mass is 16.5. The summed E-state index contributed by atoms with van der Waals surface area (Å²) in [5.41, 5.74) is 4.94. The number of ether oxygens (including phenoxy) is 1. The van der Waals surface area contributed by atoms with Crippen LogP contribution in [0, 0.1) is 5.92 Å². The van der Waals surface area contributed by atoms with Crippen LogP contribution in [0.25, 0.3) is 0 Å². The Morgan fingerprint density at radius 1 is 1.57 bits per heavy atom. The summed E-state index contributed by atoms with van der Waals surface area (Å²) < 4.78 is 5.14. The van der Waals surface area contributed by atoms with Crippen molar-refractivity contribution in [1.82, 2.24) is 0 Å². The molecular weight excluding hydrogens is 178 g/mol. The molecule has 82 valence electrons. The van der Waals surface area contributed by atoms with Gasteiger partial charge in [-0.25, -0.2) is 0 Å². The van der Waals surface area contributed by atoms with Crippen molar-refractivity contribution in [3.8, 4) is 0 Å².